The zero-order chi connectivity index (χ0) is 13.6. The first-order chi connectivity index (χ1) is 8.18. The van der Waals surface area contributed by atoms with Gasteiger partial charge in [0.25, 0.3) is 0 Å². The minimum atomic E-state index is -4.43. The second-order valence-corrected chi connectivity index (χ2v) is 4.99. The van der Waals surface area contributed by atoms with Gasteiger partial charge in [0.05, 0.1) is 5.56 Å². The fourth-order valence-corrected chi connectivity index (χ4v) is 1.93. The molecule has 2 rings (SSSR count). The lowest BCUT2D eigenvalue weighted by Gasteiger charge is -2.22. The van der Waals surface area contributed by atoms with Crippen LogP contribution in [0.1, 0.15) is 25.0 Å². The fourth-order valence-electron chi connectivity index (χ4n) is 1.93. The van der Waals surface area contributed by atoms with E-state index in [9.17, 15) is 13.2 Å². The van der Waals surface area contributed by atoms with Crippen molar-refractivity contribution in [2.75, 3.05) is 6.79 Å². The van der Waals surface area contributed by atoms with Crippen LogP contribution in [0.2, 0.25) is 0 Å². The predicted octanol–water partition coefficient (Wildman–Crippen LogP) is 2.71. The van der Waals surface area contributed by atoms with Crippen molar-refractivity contribution in [3.63, 3.8) is 0 Å². The van der Waals surface area contributed by atoms with Gasteiger partial charge in [-0.15, -0.1) is 0 Å². The summed E-state index contributed by atoms with van der Waals surface area (Å²) in [7, 11) is 0. The molecule has 0 atom stereocenters. The smallest absolute Gasteiger partial charge is 0.416 e. The third kappa shape index (κ3) is 2.53. The van der Waals surface area contributed by atoms with Crippen LogP contribution in [0.15, 0.2) is 12.1 Å². The molecule has 1 aliphatic rings. The summed E-state index contributed by atoms with van der Waals surface area (Å²) >= 11 is 0. The first-order valence-corrected chi connectivity index (χ1v) is 5.46. The van der Waals surface area contributed by atoms with Crippen molar-refractivity contribution >= 4 is 0 Å². The van der Waals surface area contributed by atoms with Crippen LogP contribution in [0.3, 0.4) is 0 Å². The van der Waals surface area contributed by atoms with Gasteiger partial charge in [0, 0.05) is 11.1 Å². The molecule has 6 heteroatoms. The number of alkyl halides is 3. The molecule has 0 saturated heterocycles. The molecule has 100 valence electrons. The van der Waals surface area contributed by atoms with Crippen molar-refractivity contribution in [1.82, 2.24) is 0 Å². The number of fused-ring (bicyclic) bond motifs is 1. The summed E-state index contributed by atoms with van der Waals surface area (Å²) in [4.78, 5) is 0. The molecule has 0 fully saturated rings. The molecule has 0 bridgehead atoms. The molecule has 0 aromatic heterocycles. The zero-order valence-corrected chi connectivity index (χ0v) is 10.1. The molecule has 3 nitrogen and oxygen atoms in total. The Hall–Kier alpha value is -1.43. The Balaban J connectivity index is 2.55. The molecule has 0 saturated carbocycles. The maximum Gasteiger partial charge on any atom is 0.416 e. The predicted molar refractivity (Wildman–Crippen MR) is 59.5 cm³/mol. The highest BCUT2D eigenvalue weighted by molar-refractivity contribution is 5.53. The Labute approximate surface area is 103 Å². The third-order valence-corrected chi connectivity index (χ3v) is 2.58. The van der Waals surface area contributed by atoms with Crippen LogP contribution in [0.5, 0.6) is 11.5 Å². The number of rotatable bonds is 2. The standard InChI is InChI=1S/C12H14F3NO2/c1-11(2,16)5-7-8(12(13,14)15)3-4-9-10(7)18-6-17-9/h3-4H,5-6,16H2,1-2H3. The molecule has 0 aliphatic carbocycles. The Morgan fingerprint density at radius 3 is 2.44 bits per heavy atom. The number of hydrogen-bond acceptors (Lipinski definition) is 3. The topological polar surface area (TPSA) is 44.5 Å². The van der Waals surface area contributed by atoms with Crippen LogP contribution < -0.4 is 15.2 Å². The van der Waals surface area contributed by atoms with Crippen molar-refractivity contribution in [3.8, 4) is 11.5 Å². The van der Waals surface area contributed by atoms with Gasteiger partial charge < -0.3 is 15.2 Å². The zero-order valence-electron chi connectivity index (χ0n) is 10.1. The van der Waals surface area contributed by atoms with E-state index in [2.05, 4.69) is 0 Å². The number of halogens is 3. The molecule has 2 N–H and O–H groups in total. The highest BCUT2D eigenvalue weighted by atomic mass is 19.4. The fraction of sp³-hybridized carbons (Fsp3) is 0.500. The SMILES string of the molecule is CC(C)(N)Cc1c(C(F)(F)F)ccc2c1OCO2. The molecular formula is C12H14F3NO2. The van der Waals surface area contributed by atoms with Crippen molar-refractivity contribution in [1.29, 1.82) is 0 Å². The maximum absolute atomic E-state index is 13.0. The van der Waals surface area contributed by atoms with Gasteiger partial charge in [-0.2, -0.15) is 13.2 Å². The van der Waals surface area contributed by atoms with Crippen molar-refractivity contribution in [2.24, 2.45) is 5.73 Å². The van der Waals surface area contributed by atoms with Crippen molar-refractivity contribution < 1.29 is 22.6 Å². The Bertz CT molecular complexity index is 464. The van der Waals surface area contributed by atoms with Crippen LogP contribution in [0.25, 0.3) is 0 Å². The molecule has 1 aliphatic heterocycles. The minimum Gasteiger partial charge on any atom is -0.454 e. The summed E-state index contributed by atoms with van der Waals surface area (Å²) in [6.45, 7) is 3.28. The van der Waals surface area contributed by atoms with E-state index < -0.39 is 17.3 Å². The lowest BCUT2D eigenvalue weighted by atomic mass is 9.91. The molecule has 1 heterocycles. The molecule has 1 aromatic carbocycles. The van der Waals surface area contributed by atoms with Gasteiger partial charge >= 0.3 is 6.18 Å². The number of hydrogen-bond donors (Lipinski definition) is 1. The lowest BCUT2D eigenvalue weighted by molar-refractivity contribution is -0.138. The summed E-state index contributed by atoms with van der Waals surface area (Å²) in [6, 6.07) is 2.28. The number of benzene rings is 1. The van der Waals surface area contributed by atoms with Crippen molar-refractivity contribution in [2.45, 2.75) is 32.0 Å². The van der Waals surface area contributed by atoms with Crippen LogP contribution in [0.4, 0.5) is 13.2 Å². The Morgan fingerprint density at radius 1 is 1.22 bits per heavy atom. The molecule has 0 unspecified atom stereocenters. The largest absolute Gasteiger partial charge is 0.454 e. The highest BCUT2D eigenvalue weighted by Gasteiger charge is 2.37. The van der Waals surface area contributed by atoms with Gasteiger partial charge in [0.1, 0.15) is 0 Å². The van der Waals surface area contributed by atoms with Gasteiger partial charge in [-0.05, 0) is 32.4 Å². The van der Waals surface area contributed by atoms with Gasteiger partial charge in [-0.25, -0.2) is 0 Å². The molecule has 1 aromatic rings. The average molecular weight is 261 g/mol. The van der Waals surface area contributed by atoms with E-state index in [1.54, 1.807) is 13.8 Å². The van der Waals surface area contributed by atoms with Crippen LogP contribution in [0, 0.1) is 0 Å². The monoisotopic (exact) mass is 261 g/mol. The first-order valence-electron chi connectivity index (χ1n) is 5.46. The van der Waals surface area contributed by atoms with Gasteiger partial charge in [0.2, 0.25) is 6.79 Å². The van der Waals surface area contributed by atoms with Crippen LogP contribution >= 0.6 is 0 Å². The third-order valence-electron chi connectivity index (χ3n) is 2.58. The second kappa shape index (κ2) is 4.05. The van der Waals surface area contributed by atoms with E-state index in [0.29, 0.717) is 5.75 Å². The van der Waals surface area contributed by atoms with Gasteiger partial charge in [0.15, 0.2) is 11.5 Å². The Morgan fingerprint density at radius 2 is 1.89 bits per heavy atom. The first kappa shape index (κ1) is 13.0. The summed E-state index contributed by atoms with van der Waals surface area (Å²) < 4.78 is 49.1. The average Bonchev–Trinajstić information content (AvgIpc) is 2.61. The van der Waals surface area contributed by atoms with Crippen molar-refractivity contribution in [3.05, 3.63) is 23.3 Å². The van der Waals surface area contributed by atoms with E-state index in [1.807, 2.05) is 0 Å². The summed E-state index contributed by atoms with van der Waals surface area (Å²) in [5.74, 6) is 0.491. The summed E-state index contributed by atoms with van der Waals surface area (Å²) in [5, 5.41) is 0. The quantitative estimate of drug-likeness (QED) is 0.890. The molecule has 18 heavy (non-hydrogen) atoms. The highest BCUT2D eigenvalue weighted by Crippen LogP contribution is 2.44. The Kier molecular flexibility index (Phi) is 2.93. The second-order valence-electron chi connectivity index (χ2n) is 4.99. The molecule has 0 radical (unpaired) electrons. The van der Waals surface area contributed by atoms with E-state index in [4.69, 9.17) is 15.2 Å². The molecule has 0 spiro atoms. The molecular weight excluding hydrogens is 247 g/mol. The maximum atomic E-state index is 13.0. The van der Waals surface area contributed by atoms with E-state index in [-0.39, 0.29) is 24.5 Å². The minimum absolute atomic E-state index is 0.0602. The van der Waals surface area contributed by atoms with Crippen LogP contribution in [-0.2, 0) is 12.6 Å². The van der Waals surface area contributed by atoms with Crippen LogP contribution in [-0.4, -0.2) is 12.3 Å². The molecule has 0 amide bonds. The number of nitrogens with two attached hydrogens (primary N) is 1. The summed E-state index contributed by atoms with van der Waals surface area (Å²) in [5.41, 5.74) is 4.39. The van der Waals surface area contributed by atoms with E-state index in [0.717, 1.165) is 6.07 Å². The van der Waals surface area contributed by atoms with E-state index >= 15 is 0 Å². The number of ether oxygens (including phenoxy) is 2. The lowest BCUT2D eigenvalue weighted by Crippen LogP contribution is -2.35. The normalized spacial score (nSPS) is 15.0. The van der Waals surface area contributed by atoms with Gasteiger partial charge in [-0.1, -0.05) is 0 Å². The van der Waals surface area contributed by atoms with Gasteiger partial charge in [-0.3, -0.25) is 0 Å². The van der Waals surface area contributed by atoms with E-state index in [1.165, 1.54) is 6.07 Å². The summed E-state index contributed by atoms with van der Waals surface area (Å²) in [6.07, 6.45) is -4.37.